The van der Waals surface area contributed by atoms with Crippen molar-refractivity contribution in [2.75, 3.05) is 0 Å². The topological polar surface area (TPSA) is 20.2 Å². The number of hydrogen-bond donors (Lipinski definition) is 1. The number of aliphatic hydroxyl groups excluding tert-OH is 1. The molecule has 0 saturated heterocycles. The molecule has 1 unspecified atom stereocenters. The first kappa shape index (κ1) is 14.0. The lowest BCUT2D eigenvalue weighted by Gasteiger charge is -2.16. The summed E-state index contributed by atoms with van der Waals surface area (Å²) < 4.78 is 14.0. The third-order valence-electron chi connectivity index (χ3n) is 3.27. The van der Waals surface area contributed by atoms with Gasteiger partial charge in [0.1, 0.15) is 11.9 Å². The quantitative estimate of drug-likeness (QED) is 0.858. The van der Waals surface area contributed by atoms with Crippen LogP contribution in [-0.2, 0) is 0 Å². The van der Waals surface area contributed by atoms with E-state index in [1.165, 1.54) is 6.07 Å². The zero-order valence-electron chi connectivity index (χ0n) is 11.2. The molecular formula is C16H16ClFO. The summed E-state index contributed by atoms with van der Waals surface area (Å²) in [4.78, 5) is 0. The molecule has 0 amide bonds. The van der Waals surface area contributed by atoms with Crippen LogP contribution >= 0.6 is 11.6 Å². The van der Waals surface area contributed by atoms with Crippen molar-refractivity contribution in [2.45, 2.75) is 26.9 Å². The summed E-state index contributed by atoms with van der Waals surface area (Å²) in [6.07, 6.45) is -1.00. The van der Waals surface area contributed by atoms with Crippen LogP contribution < -0.4 is 0 Å². The van der Waals surface area contributed by atoms with Gasteiger partial charge in [-0.15, -0.1) is 0 Å². The largest absolute Gasteiger partial charge is 0.384 e. The van der Waals surface area contributed by atoms with Gasteiger partial charge in [0.25, 0.3) is 0 Å². The number of benzene rings is 2. The van der Waals surface area contributed by atoms with Crippen LogP contribution in [0.25, 0.3) is 0 Å². The Bertz CT molecular complexity index is 599. The van der Waals surface area contributed by atoms with E-state index in [9.17, 15) is 9.50 Å². The Kier molecular flexibility index (Phi) is 3.93. The fourth-order valence-electron chi connectivity index (χ4n) is 2.22. The standard InChI is InChI=1S/C16H16ClFO/c1-9-6-11(3)15(14(18)7-9)16(19)12-5-4-10(2)13(17)8-12/h4-8,16,19H,1-3H3. The first-order valence-electron chi connectivity index (χ1n) is 6.11. The Morgan fingerprint density at radius 3 is 2.32 bits per heavy atom. The Morgan fingerprint density at radius 1 is 1.05 bits per heavy atom. The van der Waals surface area contributed by atoms with Gasteiger partial charge >= 0.3 is 0 Å². The van der Waals surface area contributed by atoms with Crippen LogP contribution in [0.1, 0.15) is 33.9 Å². The summed E-state index contributed by atoms with van der Waals surface area (Å²) >= 11 is 6.05. The lowest BCUT2D eigenvalue weighted by molar-refractivity contribution is 0.214. The second kappa shape index (κ2) is 5.32. The second-order valence-corrected chi connectivity index (χ2v) is 5.30. The summed E-state index contributed by atoms with van der Waals surface area (Å²) in [6.45, 7) is 5.51. The molecule has 0 aliphatic heterocycles. The van der Waals surface area contributed by atoms with Crippen molar-refractivity contribution in [1.29, 1.82) is 0 Å². The fourth-order valence-corrected chi connectivity index (χ4v) is 2.41. The number of aryl methyl sites for hydroxylation is 3. The summed E-state index contributed by atoms with van der Waals surface area (Å²) in [6, 6.07) is 8.56. The predicted octanol–water partition coefficient (Wildman–Crippen LogP) is 4.49. The summed E-state index contributed by atoms with van der Waals surface area (Å²) in [7, 11) is 0. The Hall–Kier alpha value is -1.38. The third kappa shape index (κ3) is 2.80. The van der Waals surface area contributed by atoms with Gasteiger partial charge in [-0.1, -0.05) is 29.8 Å². The van der Waals surface area contributed by atoms with Gasteiger partial charge in [0, 0.05) is 10.6 Å². The van der Waals surface area contributed by atoms with Gasteiger partial charge in [-0.3, -0.25) is 0 Å². The van der Waals surface area contributed by atoms with E-state index < -0.39 is 6.10 Å². The van der Waals surface area contributed by atoms with E-state index in [-0.39, 0.29) is 5.82 Å². The highest BCUT2D eigenvalue weighted by Crippen LogP contribution is 2.30. The maximum Gasteiger partial charge on any atom is 0.129 e. The van der Waals surface area contributed by atoms with Crippen LogP contribution in [0.5, 0.6) is 0 Å². The number of rotatable bonds is 2. The molecule has 3 heteroatoms. The summed E-state index contributed by atoms with van der Waals surface area (Å²) in [5.41, 5.74) is 3.42. The average molecular weight is 279 g/mol. The van der Waals surface area contributed by atoms with Crippen molar-refractivity contribution in [3.8, 4) is 0 Å². The minimum atomic E-state index is -1.00. The molecule has 0 aliphatic carbocycles. The molecule has 0 radical (unpaired) electrons. The predicted molar refractivity (Wildman–Crippen MR) is 76.1 cm³/mol. The van der Waals surface area contributed by atoms with Crippen LogP contribution in [0.3, 0.4) is 0 Å². The molecule has 0 aromatic heterocycles. The molecule has 19 heavy (non-hydrogen) atoms. The SMILES string of the molecule is Cc1cc(C)c(C(O)c2ccc(C)c(Cl)c2)c(F)c1. The van der Waals surface area contributed by atoms with Crippen molar-refractivity contribution in [3.63, 3.8) is 0 Å². The van der Waals surface area contributed by atoms with E-state index in [1.54, 1.807) is 19.1 Å². The van der Waals surface area contributed by atoms with Crippen molar-refractivity contribution in [2.24, 2.45) is 0 Å². The van der Waals surface area contributed by atoms with Gasteiger partial charge in [0.2, 0.25) is 0 Å². The Labute approximate surface area is 117 Å². The van der Waals surface area contributed by atoms with E-state index in [2.05, 4.69) is 0 Å². The van der Waals surface area contributed by atoms with Crippen LogP contribution in [0.4, 0.5) is 4.39 Å². The Morgan fingerprint density at radius 2 is 1.74 bits per heavy atom. The van der Waals surface area contributed by atoms with E-state index >= 15 is 0 Å². The molecule has 2 aromatic carbocycles. The summed E-state index contributed by atoms with van der Waals surface area (Å²) in [5, 5.41) is 10.9. The lowest BCUT2D eigenvalue weighted by atomic mass is 9.95. The van der Waals surface area contributed by atoms with Gasteiger partial charge in [-0.25, -0.2) is 4.39 Å². The van der Waals surface area contributed by atoms with Crippen LogP contribution in [0, 0.1) is 26.6 Å². The molecule has 100 valence electrons. The van der Waals surface area contributed by atoms with Gasteiger partial charge in [0.15, 0.2) is 0 Å². The molecular weight excluding hydrogens is 263 g/mol. The lowest BCUT2D eigenvalue weighted by Crippen LogP contribution is -2.06. The molecule has 1 N–H and O–H groups in total. The third-order valence-corrected chi connectivity index (χ3v) is 3.67. The molecule has 0 saturated carbocycles. The molecule has 2 aromatic rings. The van der Waals surface area contributed by atoms with Crippen LogP contribution in [-0.4, -0.2) is 5.11 Å². The number of halogens is 2. The minimum absolute atomic E-state index is 0.311. The fraction of sp³-hybridized carbons (Fsp3) is 0.250. The zero-order chi connectivity index (χ0) is 14.2. The number of hydrogen-bond acceptors (Lipinski definition) is 1. The Balaban J connectivity index is 2.49. The van der Waals surface area contributed by atoms with E-state index in [1.807, 2.05) is 26.0 Å². The normalized spacial score (nSPS) is 12.5. The van der Waals surface area contributed by atoms with Gasteiger partial charge in [-0.05, 0) is 55.2 Å². The molecule has 0 aliphatic rings. The zero-order valence-corrected chi connectivity index (χ0v) is 11.9. The van der Waals surface area contributed by atoms with Crippen molar-refractivity contribution >= 4 is 11.6 Å². The smallest absolute Gasteiger partial charge is 0.129 e. The van der Waals surface area contributed by atoms with Crippen LogP contribution in [0.15, 0.2) is 30.3 Å². The highest BCUT2D eigenvalue weighted by molar-refractivity contribution is 6.31. The maximum absolute atomic E-state index is 14.0. The van der Waals surface area contributed by atoms with Gasteiger partial charge in [0.05, 0.1) is 0 Å². The first-order chi connectivity index (χ1) is 8.90. The maximum atomic E-state index is 14.0. The molecule has 0 spiro atoms. The molecule has 0 fully saturated rings. The highest BCUT2D eigenvalue weighted by atomic mass is 35.5. The summed E-state index contributed by atoms with van der Waals surface area (Å²) in [5.74, 6) is -0.387. The van der Waals surface area contributed by atoms with E-state index in [0.29, 0.717) is 16.1 Å². The monoisotopic (exact) mass is 278 g/mol. The minimum Gasteiger partial charge on any atom is -0.384 e. The molecule has 0 heterocycles. The second-order valence-electron chi connectivity index (χ2n) is 4.89. The molecule has 1 nitrogen and oxygen atoms in total. The first-order valence-corrected chi connectivity index (χ1v) is 6.48. The van der Waals surface area contributed by atoms with Crippen molar-refractivity contribution in [1.82, 2.24) is 0 Å². The van der Waals surface area contributed by atoms with Crippen molar-refractivity contribution < 1.29 is 9.50 Å². The van der Waals surface area contributed by atoms with Gasteiger partial charge in [-0.2, -0.15) is 0 Å². The van der Waals surface area contributed by atoms with Crippen molar-refractivity contribution in [3.05, 3.63) is 69.0 Å². The molecule has 1 atom stereocenters. The van der Waals surface area contributed by atoms with Crippen LogP contribution in [0.2, 0.25) is 5.02 Å². The molecule has 0 bridgehead atoms. The average Bonchev–Trinajstić information content (AvgIpc) is 2.31. The van der Waals surface area contributed by atoms with E-state index in [0.717, 1.165) is 16.7 Å². The van der Waals surface area contributed by atoms with Gasteiger partial charge < -0.3 is 5.11 Å². The molecule has 2 rings (SSSR count). The van der Waals surface area contributed by atoms with E-state index in [4.69, 9.17) is 11.6 Å². The number of aliphatic hydroxyl groups is 1. The highest BCUT2D eigenvalue weighted by Gasteiger charge is 2.18.